The predicted molar refractivity (Wildman–Crippen MR) is 75.3 cm³/mol. The van der Waals surface area contributed by atoms with Crippen LogP contribution in [0.15, 0.2) is 4.52 Å². The van der Waals surface area contributed by atoms with Gasteiger partial charge in [0.05, 0.1) is 24.5 Å². The van der Waals surface area contributed by atoms with Gasteiger partial charge in [-0.2, -0.15) is 4.98 Å². The Kier molecular flexibility index (Phi) is 3.87. The first kappa shape index (κ1) is 14.0. The summed E-state index contributed by atoms with van der Waals surface area (Å²) in [5.41, 5.74) is 2.24. The van der Waals surface area contributed by atoms with Crippen molar-refractivity contribution in [2.24, 2.45) is 0 Å². The van der Waals surface area contributed by atoms with Gasteiger partial charge in [-0.1, -0.05) is 5.21 Å². The number of aryl methyl sites for hydroxylation is 1. The number of rotatable bonds is 5. The molecule has 0 fully saturated rings. The van der Waals surface area contributed by atoms with Crippen LogP contribution < -0.4 is 4.90 Å². The SMILES string of the molecule is COCCn1nnc2c1CC(c1nc(N(C)C)no1)CC2. The molecule has 2 aromatic rings. The van der Waals surface area contributed by atoms with Crippen molar-refractivity contribution < 1.29 is 9.26 Å². The Morgan fingerprint density at radius 2 is 2.29 bits per heavy atom. The van der Waals surface area contributed by atoms with Gasteiger partial charge in [0.2, 0.25) is 5.89 Å². The van der Waals surface area contributed by atoms with Gasteiger partial charge < -0.3 is 14.2 Å². The molecule has 0 N–H and O–H groups in total. The van der Waals surface area contributed by atoms with Crippen LogP contribution >= 0.6 is 0 Å². The van der Waals surface area contributed by atoms with E-state index in [2.05, 4.69) is 20.5 Å². The van der Waals surface area contributed by atoms with E-state index in [1.54, 1.807) is 7.11 Å². The van der Waals surface area contributed by atoms with E-state index in [1.165, 1.54) is 0 Å². The molecule has 2 aromatic heterocycles. The van der Waals surface area contributed by atoms with E-state index in [1.807, 2.05) is 23.7 Å². The molecule has 0 aromatic carbocycles. The third-order valence-electron chi connectivity index (χ3n) is 3.77. The van der Waals surface area contributed by atoms with Gasteiger partial charge in [0.15, 0.2) is 0 Å². The van der Waals surface area contributed by atoms with Gasteiger partial charge in [0.1, 0.15) is 0 Å². The minimum Gasteiger partial charge on any atom is -0.383 e. The number of fused-ring (bicyclic) bond motifs is 1. The highest BCUT2D eigenvalue weighted by Gasteiger charge is 2.29. The van der Waals surface area contributed by atoms with E-state index < -0.39 is 0 Å². The molecule has 1 aliphatic carbocycles. The van der Waals surface area contributed by atoms with E-state index in [-0.39, 0.29) is 5.92 Å². The second kappa shape index (κ2) is 5.80. The standard InChI is InChI=1S/C13H20N6O2/c1-18(2)13-14-12(21-16-13)9-4-5-10-11(8-9)19(17-15-10)6-7-20-3/h9H,4-8H2,1-3H3. The summed E-state index contributed by atoms with van der Waals surface area (Å²) in [4.78, 5) is 6.29. The summed E-state index contributed by atoms with van der Waals surface area (Å²) in [7, 11) is 5.49. The smallest absolute Gasteiger partial charge is 0.265 e. The van der Waals surface area contributed by atoms with Crippen LogP contribution in [0.4, 0.5) is 5.95 Å². The van der Waals surface area contributed by atoms with E-state index in [4.69, 9.17) is 9.26 Å². The Morgan fingerprint density at radius 1 is 1.43 bits per heavy atom. The molecular formula is C13H20N6O2. The fourth-order valence-electron chi connectivity index (χ4n) is 2.58. The summed E-state index contributed by atoms with van der Waals surface area (Å²) in [6, 6.07) is 0. The van der Waals surface area contributed by atoms with E-state index in [0.717, 1.165) is 37.2 Å². The molecule has 1 aliphatic rings. The zero-order valence-corrected chi connectivity index (χ0v) is 12.6. The quantitative estimate of drug-likeness (QED) is 0.800. The average molecular weight is 292 g/mol. The normalized spacial score (nSPS) is 17.8. The van der Waals surface area contributed by atoms with Crippen LogP contribution in [0.1, 0.15) is 29.6 Å². The van der Waals surface area contributed by atoms with Gasteiger partial charge in [0.25, 0.3) is 5.95 Å². The second-order valence-corrected chi connectivity index (χ2v) is 5.47. The highest BCUT2D eigenvalue weighted by molar-refractivity contribution is 5.26. The molecular weight excluding hydrogens is 272 g/mol. The van der Waals surface area contributed by atoms with Gasteiger partial charge in [0, 0.05) is 33.5 Å². The predicted octanol–water partition coefficient (Wildman–Crippen LogP) is 0.646. The van der Waals surface area contributed by atoms with Gasteiger partial charge >= 0.3 is 0 Å². The number of aromatic nitrogens is 5. The molecule has 0 amide bonds. The van der Waals surface area contributed by atoms with Crippen molar-refractivity contribution in [2.75, 3.05) is 32.7 Å². The number of methoxy groups -OCH3 is 1. The fourth-order valence-corrected chi connectivity index (χ4v) is 2.58. The van der Waals surface area contributed by atoms with Crippen molar-refractivity contribution in [3.05, 3.63) is 17.3 Å². The third kappa shape index (κ3) is 2.76. The first-order chi connectivity index (χ1) is 10.2. The molecule has 0 saturated carbocycles. The van der Waals surface area contributed by atoms with Crippen LogP contribution in [0.5, 0.6) is 0 Å². The first-order valence-electron chi connectivity index (χ1n) is 7.10. The minimum atomic E-state index is 0.235. The number of hydrogen-bond donors (Lipinski definition) is 0. The van der Waals surface area contributed by atoms with Crippen molar-refractivity contribution in [1.82, 2.24) is 25.1 Å². The summed E-state index contributed by atoms with van der Waals surface area (Å²) >= 11 is 0. The monoisotopic (exact) mass is 292 g/mol. The molecule has 8 nitrogen and oxygen atoms in total. The van der Waals surface area contributed by atoms with Crippen LogP contribution in [0.3, 0.4) is 0 Å². The molecule has 114 valence electrons. The summed E-state index contributed by atoms with van der Waals surface area (Å²) in [6.45, 7) is 1.35. The number of ether oxygens (including phenoxy) is 1. The Balaban J connectivity index is 1.77. The number of anilines is 1. The van der Waals surface area contributed by atoms with E-state index >= 15 is 0 Å². The molecule has 0 radical (unpaired) electrons. The van der Waals surface area contributed by atoms with Gasteiger partial charge in [-0.3, -0.25) is 0 Å². The molecule has 21 heavy (non-hydrogen) atoms. The summed E-state index contributed by atoms with van der Waals surface area (Å²) in [5, 5.41) is 12.5. The fraction of sp³-hybridized carbons (Fsp3) is 0.692. The maximum atomic E-state index is 5.40. The topological polar surface area (TPSA) is 82.1 Å². The van der Waals surface area contributed by atoms with Crippen molar-refractivity contribution >= 4 is 5.95 Å². The molecule has 1 unspecified atom stereocenters. The van der Waals surface area contributed by atoms with Crippen LogP contribution in [0, 0.1) is 0 Å². The second-order valence-electron chi connectivity index (χ2n) is 5.47. The minimum absolute atomic E-state index is 0.235. The molecule has 1 atom stereocenters. The molecule has 0 bridgehead atoms. The lowest BCUT2D eigenvalue weighted by Crippen LogP contribution is -2.18. The number of hydrogen-bond acceptors (Lipinski definition) is 7. The molecule has 0 aliphatic heterocycles. The van der Waals surface area contributed by atoms with Crippen LogP contribution in [0.25, 0.3) is 0 Å². The van der Waals surface area contributed by atoms with Crippen LogP contribution in [-0.2, 0) is 24.1 Å². The van der Waals surface area contributed by atoms with Gasteiger partial charge in [-0.25, -0.2) is 4.68 Å². The average Bonchev–Trinajstić information content (AvgIpc) is 3.11. The summed E-state index contributed by atoms with van der Waals surface area (Å²) in [5.74, 6) is 1.55. The van der Waals surface area contributed by atoms with Crippen molar-refractivity contribution in [3.63, 3.8) is 0 Å². The zero-order valence-electron chi connectivity index (χ0n) is 12.6. The molecule has 8 heteroatoms. The maximum absolute atomic E-state index is 5.40. The van der Waals surface area contributed by atoms with Crippen molar-refractivity contribution in [3.8, 4) is 0 Å². The third-order valence-corrected chi connectivity index (χ3v) is 3.77. The number of nitrogens with zero attached hydrogens (tertiary/aromatic N) is 6. The largest absolute Gasteiger partial charge is 0.383 e. The Labute approximate surface area is 123 Å². The van der Waals surface area contributed by atoms with Crippen LogP contribution in [0.2, 0.25) is 0 Å². The lowest BCUT2D eigenvalue weighted by molar-refractivity contribution is 0.181. The summed E-state index contributed by atoms with van der Waals surface area (Å²) in [6.07, 6.45) is 2.69. The Morgan fingerprint density at radius 3 is 3.00 bits per heavy atom. The van der Waals surface area contributed by atoms with E-state index in [9.17, 15) is 0 Å². The lowest BCUT2D eigenvalue weighted by Gasteiger charge is -2.19. The van der Waals surface area contributed by atoms with Crippen LogP contribution in [-0.4, -0.2) is 52.9 Å². The lowest BCUT2D eigenvalue weighted by atomic mass is 9.89. The Bertz CT molecular complexity index is 606. The molecule has 2 heterocycles. The van der Waals surface area contributed by atoms with Crippen molar-refractivity contribution in [2.45, 2.75) is 31.7 Å². The Hall–Kier alpha value is -1.96. The van der Waals surface area contributed by atoms with Crippen molar-refractivity contribution in [1.29, 1.82) is 0 Å². The molecule has 0 saturated heterocycles. The highest BCUT2D eigenvalue weighted by atomic mass is 16.5. The maximum Gasteiger partial charge on any atom is 0.265 e. The highest BCUT2D eigenvalue weighted by Crippen LogP contribution is 2.31. The van der Waals surface area contributed by atoms with Gasteiger partial charge in [-0.05, 0) is 18.0 Å². The summed E-state index contributed by atoms with van der Waals surface area (Å²) < 4.78 is 12.4. The van der Waals surface area contributed by atoms with E-state index in [0.29, 0.717) is 18.4 Å². The zero-order chi connectivity index (χ0) is 14.8. The van der Waals surface area contributed by atoms with Gasteiger partial charge in [-0.15, -0.1) is 5.10 Å². The molecule has 3 rings (SSSR count). The molecule has 0 spiro atoms. The first-order valence-corrected chi connectivity index (χ1v) is 7.10.